The van der Waals surface area contributed by atoms with Crippen molar-refractivity contribution in [3.63, 3.8) is 0 Å². The smallest absolute Gasteiger partial charge is 0.305 e. The van der Waals surface area contributed by atoms with Crippen molar-refractivity contribution in [3.8, 4) is 0 Å². The number of hydrogen-bond donors (Lipinski definition) is 3. The van der Waals surface area contributed by atoms with Gasteiger partial charge in [-0.1, -0.05) is 217 Å². The average Bonchev–Trinajstić information content (AvgIpc) is 3.26. The van der Waals surface area contributed by atoms with Crippen molar-refractivity contribution in [2.24, 2.45) is 0 Å². The van der Waals surface area contributed by atoms with E-state index in [1.165, 1.54) is 180 Å². The molecular formula is C55H101NO5. The number of hydrogen-bond acceptors (Lipinski definition) is 5. The number of rotatable bonds is 48. The molecule has 2 atom stereocenters. The lowest BCUT2D eigenvalue weighted by atomic mass is 10.0. The molecule has 0 saturated carbocycles. The number of unbranched alkanes of at least 4 members (excludes halogenated alkanes) is 31. The Morgan fingerprint density at radius 3 is 1.33 bits per heavy atom. The van der Waals surface area contributed by atoms with E-state index in [0.717, 1.165) is 57.8 Å². The minimum Gasteiger partial charge on any atom is -0.466 e. The summed E-state index contributed by atoms with van der Waals surface area (Å²) in [7, 11) is 0. The number of allylic oxidation sites excluding steroid dienone is 7. The molecule has 6 heteroatoms. The number of carbonyl (C=O) groups excluding carboxylic acids is 2. The maximum absolute atomic E-state index is 12.4. The maximum Gasteiger partial charge on any atom is 0.305 e. The third-order valence-corrected chi connectivity index (χ3v) is 11.8. The third kappa shape index (κ3) is 47.1. The van der Waals surface area contributed by atoms with Crippen LogP contribution in [-0.2, 0) is 14.3 Å². The van der Waals surface area contributed by atoms with Crippen LogP contribution < -0.4 is 5.32 Å². The Morgan fingerprint density at radius 2 is 0.852 bits per heavy atom. The predicted octanol–water partition coefficient (Wildman–Crippen LogP) is 15.8. The van der Waals surface area contributed by atoms with Crippen LogP contribution in [0, 0.1) is 0 Å². The molecule has 0 radical (unpaired) electrons. The summed E-state index contributed by atoms with van der Waals surface area (Å²) in [6.07, 6.45) is 62.7. The van der Waals surface area contributed by atoms with Crippen LogP contribution in [0.1, 0.15) is 264 Å². The van der Waals surface area contributed by atoms with Crippen molar-refractivity contribution in [2.75, 3.05) is 13.2 Å². The highest BCUT2D eigenvalue weighted by molar-refractivity contribution is 5.76. The van der Waals surface area contributed by atoms with E-state index < -0.39 is 12.1 Å². The monoisotopic (exact) mass is 856 g/mol. The first kappa shape index (κ1) is 58.8. The Morgan fingerprint density at radius 1 is 0.459 bits per heavy atom. The van der Waals surface area contributed by atoms with Crippen LogP contribution in [0.3, 0.4) is 0 Å². The first-order valence-electron chi connectivity index (χ1n) is 26.4. The van der Waals surface area contributed by atoms with Crippen molar-refractivity contribution in [1.29, 1.82) is 0 Å². The topological polar surface area (TPSA) is 95.9 Å². The quantitative estimate of drug-likeness (QED) is 0.0322. The summed E-state index contributed by atoms with van der Waals surface area (Å²) in [6.45, 7) is 4.79. The number of aliphatic hydroxyl groups is 2. The molecule has 0 spiro atoms. The molecule has 0 aromatic heterocycles. The molecule has 0 aliphatic carbocycles. The molecule has 0 fully saturated rings. The minimum absolute atomic E-state index is 0.00711. The molecule has 0 aromatic carbocycles. The predicted molar refractivity (Wildman–Crippen MR) is 264 cm³/mol. The average molecular weight is 856 g/mol. The van der Waals surface area contributed by atoms with Crippen molar-refractivity contribution in [2.45, 2.75) is 276 Å². The first-order valence-corrected chi connectivity index (χ1v) is 26.4. The second kappa shape index (κ2) is 50.5. The van der Waals surface area contributed by atoms with E-state index in [0.29, 0.717) is 19.4 Å². The lowest BCUT2D eigenvalue weighted by Crippen LogP contribution is -2.45. The Kier molecular flexibility index (Phi) is 48.7. The molecule has 356 valence electrons. The van der Waals surface area contributed by atoms with Gasteiger partial charge >= 0.3 is 5.97 Å². The molecule has 0 aliphatic rings. The number of carbonyl (C=O) groups is 2. The summed E-state index contributed by atoms with van der Waals surface area (Å²) in [5.41, 5.74) is 0. The summed E-state index contributed by atoms with van der Waals surface area (Å²) in [5.74, 6) is -0.0862. The van der Waals surface area contributed by atoms with Gasteiger partial charge in [-0.15, -0.1) is 0 Å². The second-order valence-electron chi connectivity index (χ2n) is 17.8. The van der Waals surface area contributed by atoms with Crippen LogP contribution in [-0.4, -0.2) is 47.4 Å². The molecule has 2 unspecified atom stereocenters. The van der Waals surface area contributed by atoms with Gasteiger partial charge in [0.25, 0.3) is 0 Å². The fraction of sp³-hybridized carbons (Fsp3) is 0.818. The van der Waals surface area contributed by atoms with E-state index in [2.05, 4.69) is 55.6 Å². The standard InChI is InChI=1S/C55H101NO5/c1-3-5-7-9-11-13-14-25-29-33-37-41-45-49-55(60)61-50-46-42-38-34-30-27-24-22-20-18-16-15-17-19-21-23-26-28-32-36-40-44-48-54(59)56-52(51-57)53(58)47-43-39-35-31-12-10-8-6-4-2/h7,9,13-14,17,19,43,47,52-53,57-58H,3-6,8,10-12,15-16,18,20-42,44-46,48-51H2,1-2H3,(H,56,59)/b9-7-,14-13-,19-17-,47-43+. The van der Waals surface area contributed by atoms with Gasteiger partial charge in [0.15, 0.2) is 0 Å². The zero-order valence-corrected chi connectivity index (χ0v) is 40.4. The minimum atomic E-state index is -0.847. The normalized spacial score (nSPS) is 13.0. The zero-order valence-electron chi connectivity index (χ0n) is 40.4. The van der Waals surface area contributed by atoms with Gasteiger partial charge in [0.05, 0.1) is 25.4 Å². The van der Waals surface area contributed by atoms with Crippen LogP contribution in [0.25, 0.3) is 0 Å². The van der Waals surface area contributed by atoms with Crippen molar-refractivity contribution in [3.05, 3.63) is 48.6 Å². The molecule has 0 aliphatic heterocycles. The number of esters is 1. The van der Waals surface area contributed by atoms with E-state index in [1.54, 1.807) is 6.08 Å². The number of amides is 1. The van der Waals surface area contributed by atoms with Gasteiger partial charge in [0.2, 0.25) is 5.91 Å². The molecule has 0 aromatic rings. The zero-order chi connectivity index (χ0) is 44.4. The summed E-state index contributed by atoms with van der Waals surface area (Å²) in [5, 5.41) is 22.9. The van der Waals surface area contributed by atoms with Gasteiger partial charge < -0.3 is 20.3 Å². The van der Waals surface area contributed by atoms with Crippen LogP contribution in [0.2, 0.25) is 0 Å². The number of aliphatic hydroxyl groups excluding tert-OH is 2. The molecule has 0 rings (SSSR count). The van der Waals surface area contributed by atoms with E-state index in [-0.39, 0.29) is 18.5 Å². The lowest BCUT2D eigenvalue weighted by Gasteiger charge is -2.20. The first-order chi connectivity index (χ1) is 30.0. The largest absolute Gasteiger partial charge is 0.466 e. The fourth-order valence-electron chi connectivity index (χ4n) is 7.72. The molecule has 6 nitrogen and oxygen atoms in total. The Hall–Kier alpha value is -2.18. The third-order valence-electron chi connectivity index (χ3n) is 11.8. The summed E-state index contributed by atoms with van der Waals surface area (Å²) in [4.78, 5) is 24.4. The molecule has 0 heterocycles. The van der Waals surface area contributed by atoms with Crippen LogP contribution in [0.4, 0.5) is 0 Å². The summed E-state index contributed by atoms with van der Waals surface area (Å²) in [6, 6.07) is -0.631. The van der Waals surface area contributed by atoms with Crippen LogP contribution >= 0.6 is 0 Å². The molecular weight excluding hydrogens is 755 g/mol. The highest BCUT2D eigenvalue weighted by Gasteiger charge is 2.18. The van der Waals surface area contributed by atoms with Crippen molar-refractivity contribution < 1.29 is 24.5 Å². The summed E-state index contributed by atoms with van der Waals surface area (Å²) < 4.78 is 5.45. The van der Waals surface area contributed by atoms with Crippen molar-refractivity contribution in [1.82, 2.24) is 5.32 Å². The van der Waals surface area contributed by atoms with E-state index in [9.17, 15) is 19.8 Å². The van der Waals surface area contributed by atoms with Gasteiger partial charge in [-0.3, -0.25) is 9.59 Å². The highest BCUT2D eigenvalue weighted by Crippen LogP contribution is 2.15. The summed E-state index contributed by atoms with van der Waals surface area (Å²) >= 11 is 0. The number of ether oxygens (including phenoxy) is 1. The second-order valence-corrected chi connectivity index (χ2v) is 17.8. The Labute approximate surface area is 378 Å². The van der Waals surface area contributed by atoms with E-state index in [1.807, 2.05) is 6.08 Å². The van der Waals surface area contributed by atoms with Gasteiger partial charge in [-0.2, -0.15) is 0 Å². The van der Waals surface area contributed by atoms with Gasteiger partial charge in [0.1, 0.15) is 0 Å². The molecule has 1 amide bonds. The maximum atomic E-state index is 12.4. The molecule has 61 heavy (non-hydrogen) atoms. The lowest BCUT2D eigenvalue weighted by molar-refractivity contribution is -0.143. The SMILES string of the molecule is CCC/C=C\C/C=C\CCCCCCCC(=O)OCCCCCCCCCCCCC/C=C\CCCCCCCCCC(=O)NC(CO)C(O)/C=C/CCCCCCCCC. The van der Waals surface area contributed by atoms with Gasteiger partial charge in [-0.25, -0.2) is 0 Å². The van der Waals surface area contributed by atoms with Crippen LogP contribution in [0.5, 0.6) is 0 Å². The van der Waals surface area contributed by atoms with E-state index >= 15 is 0 Å². The van der Waals surface area contributed by atoms with E-state index in [4.69, 9.17) is 4.74 Å². The fourth-order valence-corrected chi connectivity index (χ4v) is 7.72. The highest BCUT2D eigenvalue weighted by atomic mass is 16.5. The molecule has 3 N–H and O–H groups in total. The van der Waals surface area contributed by atoms with Gasteiger partial charge in [0, 0.05) is 12.8 Å². The Balaban J connectivity index is 3.43. The number of nitrogens with one attached hydrogen (secondary N) is 1. The van der Waals surface area contributed by atoms with Crippen molar-refractivity contribution >= 4 is 11.9 Å². The molecule has 0 saturated heterocycles. The van der Waals surface area contributed by atoms with Crippen LogP contribution in [0.15, 0.2) is 48.6 Å². The van der Waals surface area contributed by atoms with Gasteiger partial charge in [-0.05, 0) is 83.5 Å². The molecule has 0 bridgehead atoms. The Bertz CT molecular complexity index is 1040.